The Kier molecular flexibility index (Phi) is 7.75. The van der Waals surface area contributed by atoms with Crippen molar-refractivity contribution in [1.82, 2.24) is 0 Å². The highest BCUT2D eigenvalue weighted by Crippen LogP contribution is 2.36. The largest absolute Gasteiger partial charge is 0.507 e. The number of aromatic hydroxyl groups is 1. The van der Waals surface area contributed by atoms with Gasteiger partial charge >= 0.3 is 0 Å². The summed E-state index contributed by atoms with van der Waals surface area (Å²) in [6.45, 7) is 1.63. The molecule has 32 heavy (non-hydrogen) atoms. The zero-order valence-corrected chi connectivity index (χ0v) is 19.0. The van der Waals surface area contributed by atoms with Crippen LogP contribution in [-0.4, -0.2) is 18.1 Å². The van der Waals surface area contributed by atoms with Crippen LogP contribution in [0.1, 0.15) is 5.56 Å². The molecule has 4 nitrogen and oxygen atoms in total. The molecule has 0 heterocycles. The third kappa shape index (κ3) is 6.01. The Balaban J connectivity index is 0.000000222. The predicted octanol–water partition coefficient (Wildman–Crippen LogP) is 4.53. The van der Waals surface area contributed by atoms with Gasteiger partial charge in [-0.3, -0.25) is 4.55 Å². The molecule has 0 aliphatic rings. The molecule has 0 amide bonds. The molecule has 0 aromatic heterocycles. The van der Waals surface area contributed by atoms with Gasteiger partial charge < -0.3 is 5.11 Å². The van der Waals surface area contributed by atoms with Crippen molar-refractivity contribution >= 4 is 34.0 Å². The molecule has 0 spiro atoms. The Morgan fingerprint density at radius 1 is 0.750 bits per heavy atom. The first-order valence-corrected chi connectivity index (χ1v) is 12.5. The maximum Gasteiger partial charge on any atom is 0.294 e. The number of rotatable bonds is 4. The van der Waals surface area contributed by atoms with Crippen LogP contribution in [0.15, 0.2) is 108 Å². The Morgan fingerprint density at radius 2 is 1.25 bits per heavy atom. The summed E-state index contributed by atoms with van der Waals surface area (Å²) in [6.07, 6.45) is 0. The molecule has 0 fully saturated rings. The molecule has 7 heteroatoms. The van der Waals surface area contributed by atoms with Crippen LogP contribution >= 0.6 is 7.92 Å². The van der Waals surface area contributed by atoms with E-state index in [1.807, 2.05) is 60.7 Å². The predicted molar refractivity (Wildman–Crippen MR) is 128 cm³/mol. The van der Waals surface area contributed by atoms with Crippen molar-refractivity contribution < 1.29 is 22.5 Å². The van der Waals surface area contributed by atoms with Gasteiger partial charge in [0.1, 0.15) is 11.6 Å². The Bertz CT molecular complexity index is 1240. The summed E-state index contributed by atoms with van der Waals surface area (Å²) in [4.78, 5) is -0.0278. The van der Waals surface area contributed by atoms with Crippen LogP contribution in [0.5, 0.6) is 5.75 Å². The van der Waals surface area contributed by atoms with Gasteiger partial charge in [-0.25, -0.2) is 4.39 Å². The quantitative estimate of drug-likeness (QED) is 0.341. The molecule has 164 valence electrons. The van der Waals surface area contributed by atoms with Crippen LogP contribution in [0.3, 0.4) is 0 Å². The molecule has 0 aliphatic heterocycles. The first-order chi connectivity index (χ1) is 15.3. The van der Waals surface area contributed by atoms with Crippen LogP contribution in [0.2, 0.25) is 0 Å². The van der Waals surface area contributed by atoms with Gasteiger partial charge in [0, 0.05) is 11.4 Å². The topological polar surface area (TPSA) is 74.6 Å². The van der Waals surface area contributed by atoms with E-state index < -0.39 is 23.9 Å². The fourth-order valence-corrected chi connectivity index (χ4v) is 6.15. The van der Waals surface area contributed by atoms with Crippen LogP contribution < -0.4 is 15.9 Å². The third-order valence-corrected chi connectivity index (χ3v) is 8.08. The average molecular weight is 468 g/mol. The molecule has 0 radical (unpaired) electrons. The van der Waals surface area contributed by atoms with Crippen molar-refractivity contribution in [3.63, 3.8) is 0 Å². The monoisotopic (exact) mass is 468 g/mol. The lowest BCUT2D eigenvalue weighted by molar-refractivity contribution is 0.473. The van der Waals surface area contributed by atoms with E-state index in [0.717, 1.165) is 15.9 Å². The number of halogens is 1. The number of phenolic OH excluding ortho intramolecular Hbond substituents is 1. The third-order valence-electron chi connectivity index (χ3n) is 4.58. The molecule has 0 aliphatic carbocycles. The van der Waals surface area contributed by atoms with Gasteiger partial charge in [-0.05, 0) is 49.2 Å². The molecule has 0 saturated heterocycles. The first-order valence-electron chi connectivity index (χ1n) is 9.69. The van der Waals surface area contributed by atoms with Gasteiger partial charge in [0.25, 0.3) is 10.1 Å². The van der Waals surface area contributed by atoms with Crippen molar-refractivity contribution in [2.75, 3.05) is 0 Å². The lowest BCUT2D eigenvalue weighted by Crippen LogP contribution is -2.20. The van der Waals surface area contributed by atoms with E-state index in [0.29, 0.717) is 5.56 Å². The van der Waals surface area contributed by atoms with Crippen molar-refractivity contribution in [3.8, 4) is 5.75 Å². The normalized spacial score (nSPS) is 11.0. The summed E-state index contributed by atoms with van der Waals surface area (Å²) in [5.74, 6) is -0.416. The molecule has 0 unspecified atom stereocenters. The summed E-state index contributed by atoms with van der Waals surface area (Å²) < 4.78 is 43.1. The minimum absolute atomic E-state index is 0.00816. The molecular weight excluding hydrogens is 446 g/mol. The van der Waals surface area contributed by atoms with E-state index in [2.05, 4.69) is 0 Å². The van der Waals surface area contributed by atoms with Crippen molar-refractivity contribution in [2.24, 2.45) is 0 Å². The second-order valence-electron chi connectivity index (χ2n) is 6.88. The molecular formula is C25H22FO4PS. The Labute approximate surface area is 188 Å². The zero-order valence-electron chi connectivity index (χ0n) is 17.3. The van der Waals surface area contributed by atoms with E-state index in [1.54, 1.807) is 31.2 Å². The molecule has 0 saturated carbocycles. The van der Waals surface area contributed by atoms with Gasteiger partial charge in [0.2, 0.25) is 0 Å². The first kappa shape index (κ1) is 23.6. The van der Waals surface area contributed by atoms with Crippen molar-refractivity contribution in [2.45, 2.75) is 11.8 Å². The van der Waals surface area contributed by atoms with Gasteiger partial charge in [-0.15, -0.1) is 0 Å². The molecule has 0 bridgehead atoms. The molecule has 0 atom stereocenters. The maximum absolute atomic E-state index is 13.3. The summed E-state index contributed by atoms with van der Waals surface area (Å²) in [6, 6.07) is 30.5. The SMILES string of the molecule is Cc1ccccc1S(=O)(=O)O.Oc1cc(F)ccc1P(c1ccccc1)c1ccccc1. The highest BCUT2D eigenvalue weighted by Gasteiger charge is 2.19. The Hall–Kier alpha value is -3.05. The summed E-state index contributed by atoms with van der Waals surface area (Å²) in [7, 11) is -4.93. The van der Waals surface area contributed by atoms with E-state index in [-0.39, 0.29) is 10.6 Å². The number of hydrogen-bond acceptors (Lipinski definition) is 3. The van der Waals surface area contributed by atoms with E-state index >= 15 is 0 Å². The lowest BCUT2D eigenvalue weighted by Gasteiger charge is -2.20. The van der Waals surface area contributed by atoms with Crippen LogP contribution in [0, 0.1) is 12.7 Å². The van der Waals surface area contributed by atoms with E-state index in [4.69, 9.17) is 4.55 Å². The molecule has 4 aromatic rings. The second kappa shape index (κ2) is 10.5. The highest BCUT2D eigenvalue weighted by atomic mass is 32.2. The van der Waals surface area contributed by atoms with Gasteiger partial charge in [-0.1, -0.05) is 78.9 Å². The molecule has 4 rings (SSSR count). The number of aryl methyl sites for hydroxylation is 1. The average Bonchev–Trinajstić information content (AvgIpc) is 2.77. The highest BCUT2D eigenvalue weighted by molar-refractivity contribution is 7.85. The van der Waals surface area contributed by atoms with Gasteiger partial charge in [0.15, 0.2) is 0 Å². The summed E-state index contributed by atoms with van der Waals surface area (Å²) >= 11 is 0. The number of benzene rings is 4. The summed E-state index contributed by atoms with van der Waals surface area (Å²) in [5.41, 5.74) is 0.551. The van der Waals surface area contributed by atoms with Crippen molar-refractivity contribution in [3.05, 3.63) is 115 Å². The van der Waals surface area contributed by atoms with E-state index in [9.17, 15) is 17.9 Å². The number of phenols is 1. The zero-order chi connectivity index (χ0) is 23.1. The van der Waals surface area contributed by atoms with Crippen LogP contribution in [-0.2, 0) is 10.1 Å². The van der Waals surface area contributed by atoms with Crippen molar-refractivity contribution in [1.29, 1.82) is 0 Å². The lowest BCUT2D eigenvalue weighted by atomic mass is 10.2. The van der Waals surface area contributed by atoms with Gasteiger partial charge in [0.05, 0.1) is 4.90 Å². The number of hydrogen-bond donors (Lipinski definition) is 2. The molecule has 4 aromatic carbocycles. The van der Waals surface area contributed by atoms with Crippen LogP contribution in [0.25, 0.3) is 0 Å². The minimum atomic E-state index is -4.03. The van der Waals surface area contributed by atoms with Gasteiger partial charge in [-0.2, -0.15) is 8.42 Å². The van der Waals surface area contributed by atoms with Crippen LogP contribution in [0.4, 0.5) is 4.39 Å². The smallest absolute Gasteiger partial charge is 0.294 e. The fourth-order valence-electron chi connectivity index (χ4n) is 3.11. The fraction of sp³-hybridized carbons (Fsp3) is 0.0400. The second-order valence-corrected chi connectivity index (χ2v) is 10.5. The molecule has 2 N–H and O–H groups in total. The van der Waals surface area contributed by atoms with E-state index in [1.165, 1.54) is 18.2 Å². The summed E-state index contributed by atoms with van der Waals surface area (Å²) in [5, 5.41) is 13.2. The minimum Gasteiger partial charge on any atom is -0.507 e. The standard InChI is InChI=1S/C18H14FOP.C7H8O3S/c19-14-11-12-18(17(20)13-14)21(15-7-3-1-4-8-15)16-9-5-2-6-10-16;1-6-4-2-3-5-7(6)11(8,9)10/h1-13,20H;2-5H,1H3,(H,8,9,10). The Morgan fingerprint density at radius 3 is 1.69 bits per heavy atom. The maximum atomic E-state index is 13.3.